The quantitative estimate of drug-likeness (QED) is 0.694. The summed E-state index contributed by atoms with van der Waals surface area (Å²) >= 11 is 0. The minimum atomic E-state index is -2.94. The van der Waals surface area contributed by atoms with Gasteiger partial charge in [0, 0.05) is 11.8 Å². The first-order valence-electron chi connectivity index (χ1n) is 4.92. The SMILES string of the molecule is CCC(F)(F)C1(C(C)(C)C)OCCO1. The van der Waals surface area contributed by atoms with E-state index >= 15 is 0 Å². The zero-order valence-electron chi connectivity index (χ0n) is 9.19. The average molecular weight is 208 g/mol. The maximum absolute atomic E-state index is 13.8. The summed E-state index contributed by atoms with van der Waals surface area (Å²) < 4.78 is 37.9. The molecule has 0 saturated carbocycles. The van der Waals surface area contributed by atoms with Crippen molar-refractivity contribution in [2.24, 2.45) is 5.41 Å². The van der Waals surface area contributed by atoms with Gasteiger partial charge in [-0.15, -0.1) is 0 Å². The number of alkyl halides is 2. The Morgan fingerprint density at radius 1 is 1.14 bits per heavy atom. The highest BCUT2D eigenvalue weighted by Crippen LogP contribution is 2.49. The van der Waals surface area contributed by atoms with E-state index in [-0.39, 0.29) is 19.6 Å². The highest BCUT2D eigenvalue weighted by molar-refractivity contribution is 4.97. The molecule has 0 radical (unpaired) electrons. The van der Waals surface area contributed by atoms with Gasteiger partial charge in [0.05, 0.1) is 13.2 Å². The predicted molar refractivity (Wildman–Crippen MR) is 49.3 cm³/mol. The van der Waals surface area contributed by atoms with Crippen LogP contribution in [0, 0.1) is 5.41 Å². The van der Waals surface area contributed by atoms with Crippen molar-refractivity contribution in [1.82, 2.24) is 0 Å². The molecule has 4 heteroatoms. The molecule has 0 aromatic heterocycles. The predicted octanol–water partition coefficient (Wildman–Crippen LogP) is 2.82. The second kappa shape index (κ2) is 3.42. The maximum Gasteiger partial charge on any atom is 0.301 e. The number of hydrogen-bond acceptors (Lipinski definition) is 2. The molecule has 1 aliphatic rings. The molecule has 0 amide bonds. The van der Waals surface area contributed by atoms with E-state index in [1.807, 2.05) is 0 Å². The van der Waals surface area contributed by atoms with Gasteiger partial charge in [-0.05, 0) is 0 Å². The molecule has 84 valence electrons. The van der Waals surface area contributed by atoms with Crippen molar-refractivity contribution in [3.8, 4) is 0 Å². The lowest BCUT2D eigenvalue weighted by Crippen LogP contribution is -2.57. The van der Waals surface area contributed by atoms with Crippen LogP contribution < -0.4 is 0 Å². The minimum Gasteiger partial charge on any atom is -0.342 e. The van der Waals surface area contributed by atoms with Crippen LogP contribution in [-0.4, -0.2) is 24.9 Å². The van der Waals surface area contributed by atoms with Crippen LogP contribution in [0.15, 0.2) is 0 Å². The summed E-state index contributed by atoms with van der Waals surface area (Å²) in [5.74, 6) is -4.70. The Labute approximate surface area is 83.6 Å². The van der Waals surface area contributed by atoms with Crippen molar-refractivity contribution in [2.75, 3.05) is 13.2 Å². The fraction of sp³-hybridized carbons (Fsp3) is 1.00. The van der Waals surface area contributed by atoms with Gasteiger partial charge in [-0.25, -0.2) is 8.78 Å². The van der Waals surface area contributed by atoms with Gasteiger partial charge in [0.15, 0.2) is 0 Å². The summed E-state index contributed by atoms with van der Waals surface area (Å²) in [6.07, 6.45) is -0.274. The zero-order valence-corrected chi connectivity index (χ0v) is 9.19. The van der Waals surface area contributed by atoms with Gasteiger partial charge in [0.1, 0.15) is 0 Å². The molecule has 0 aromatic rings. The Balaban J connectivity index is 3.05. The molecule has 1 rings (SSSR count). The molecule has 1 saturated heterocycles. The average Bonchev–Trinajstić information content (AvgIpc) is 2.52. The van der Waals surface area contributed by atoms with E-state index in [0.717, 1.165) is 0 Å². The van der Waals surface area contributed by atoms with Crippen molar-refractivity contribution in [3.05, 3.63) is 0 Å². The Morgan fingerprint density at radius 2 is 1.57 bits per heavy atom. The van der Waals surface area contributed by atoms with Gasteiger partial charge in [0.2, 0.25) is 5.79 Å². The summed E-state index contributed by atoms with van der Waals surface area (Å²) in [6.45, 7) is 7.06. The highest BCUT2D eigenvalue weighted by Gasteiger charge is 2.63. The van der Waals surface area contributed by atoms with Crippen LogP contribution in [0.1, 0.15) is 34.1 Å². The van der Waals surface area contributed by atoms with Crippen LogP contribution >= 0.6 is 0 Å². The molecule has 0 bridgehead atoms. The smallest absolute Gasteiger partial charge is 0.301 e. The Hall–Kier alpha value is -0.220. The van der Waals surface area contributed by atoms with Crippen molar-refractivity contribution < 1.29 is 18.3 Å². The van der Waals surface area contributed by atoms with Gasteiger partial charge in [0.25, 0.3) is 0 Å². The standard InChI is InChI=1S/C10H18F2O2/c1-5-9(11,12)10(8(2,3)4)13-6-7-14-10/h5-7H2,1-4H3. The third kappa shape index (κ3) is 1.54. The molecular formula is C10H18F2O2. The van der Waals surface area contributed by atoms with Gasteiger partial charge < -0.3 is 9.47 Å². The van der Waals surface area contributed by atoms with Crippen LogP contribution in [-0.2, 0) is 9.47 Å². The number of halogens is 2. The molecule has 1 fully saturated rings. The van der Waals surface area contributed by atoms with E-state index in [2.05, 4.69) is 0 Å². The Kier molecular flexibility index (Phi) is 2.89. The topological polar surface area (TPSA) is 18.5 Å². The van der Waals surface area contributed by atoms with E-state index in [1.165, 1.54) is 6.92 Å². The third-order valence-corrected chi connectivity index (χ3v) is 2.61. The van der Waals surface area contributed by atoms with Crippen molar-refractivity contribution in [2.45, 2.75) is 45.8 Å². The molecule has 0 N–H and O–H groups in total. The Morgan fingerprint density at radius 3 is 1.86 bits per heavy atom. The minimum absolute atomic E-state index is 0.243. The molecule has 0 spiro atoms. The van der Waals surface area contributed by atoms with Crippen molar-refractivity contribution in [3.63, 3.8) is 0 Å². The molecule has 0 unspecified atom stereocenters. The first kappa shape index (κ1) is 11.9. The molecule has 0 atom stereocenters. The van der Waals surface area contributed by atoms with E-state index in [4.69, 9.17) is 9.47 Å². The lowest BCUT2D eigenvalue weighted by molar-refractivity contribution is -0.334. The number of ether oxygens (including phenoxy) is 2. The van der Waals surface area contributed by atoms with E-state index in [0.29, 0.717) is 0 Å². The van der Waals surface area contributed by atoms with Crippen LogP contribution in [0.25, 0.3) is 0 Å². The van der Waals surface area contributed by atoms with Gasteiger partial charge in [-0.1, -0.05) is 27.7 Å². The number of hydrogen-bond donors (Lipinski definition) is 0. The van der Waals surface area contributed by atoms with Crippen LogP contribution in [0.4, 0.5) is 8.78 Å². The molecule has 14 heavy (non-hydrogen) atoms. The second-order valence-electron chi connectivity index (χ2n) is 4.62. The van der Waals surface area contributed by atoms with E-state index in [9.17, 15) is 8.78 Å². The molecule has 1 aliphatic heterocycles. The fourth-order valence-corrected chi connectivity index (χ4v) is 1.84. The highest BCUT2D eigenvalue weighted by atomic mass is 19.3. The maximum atomic E-state index is 13.8. The summed E-state index contributed by atoms with van der Waals surface area (Å²) in [4.78, 5) is 0. The van der Waals surface area contributed by atoms with E-state index in [1.54, 1.807) is 20.8 Å². The molecular weight excluding hydrogens is 190 g/mol. The molecule has 2 nitrogen and oxygen atoms in total. The van der Waals surface area contributed by atoms with Gasteiger partial charge in [-0.2, -0.15) is 0 Å². The van der Waals surface area contributed by atoms with Gasteiger partial charge in [-0.3, -0.25) is 0 Å². The van der Waals surface area contributed by atoms with E-state index < -0.39 is 17.1 Å². The van der Waals surface area contributed by atoms with Crippen LogP contribution in [0.3, 0.4) is 0 Å². The summed E-state index contributed by atoms with van der Waals surface area (Å²) in [5.41, 5.74) is -0.733. The normalized spacial score (nSPS) is 22.7. The summed E-state index contributed by atoms with van der Waals surface area (Å²) in [5, 5.41) is 0. The monoisotopic (exact) mass is 208 g/mol. The fourth-order valence-electron chi connectivity index (χ4n) is 1.84. The third-order valence-electron chi connectivity index (χ3n) is 2.61. The van der Waals surface area contributed by atoms with Crippen molar-refractivity contribution in [1.29, 1.82) is 0 Å². The summed E-state index contributed by atoms with van der Waals surface area (Å²) in [7, 11) is 0. The first-order valence-corrected chi connectivity index (χ1v) is 4.92. The lowest BCUT2D eigenvalue weighted by atomic mass is 9.80. The van der Waals surface area contributed by atoms with Gasteiger partial charge >= 0.3 is 5.92 Å². The summed E-state index contributed by atoms with van der Waals surface area (Å²) in [6, 6.07) is 0. The molecule has 0 aliphatic carbocycles. The van der Waals surface area contributed by atoms with Crippen LogP contribution in [0.5, 0.6) is 0 Å². The Bertz CT molecular complexity index is 203. The first-order chi connectivity index (χ1) is 6.27. The van der Waals surface area contributed by atoms with Crippen molar-refractivity contribution >= 4 is 0 Å². The second-order valence-corrected chi connectivity index (χ2v) is 4.62. The van der Waals surface area contributed by atoms with Crippen LogP contribution in [0.2, 0.25) is 0 Å². The number of rotatable bonds is 2. The lowest BCUT2D eigenvalue weighted by Gasteiger charge is -2.44. The molecule has 1 heterocycles. The largest absolute Gasteiger partial charge is 0.342 e. The molecule has 0 aromatic carbocycles. The zero-order chi connectivity index (χ0) is 11.0.